The zero-order valence-corrected chi connectivity index (χ0v) is 15.7. The van der Waals surface area contributed by atoms with Gasteiger partial charge in [-0.25, -0.2) is 4.39 Å². The molecular weight excluding hydrogens is 357 g/mol. The molecule has 0 spiro atoms. The lowest BCUT2D eigenvalue weighted by atomic mass is 10.0. The molecule has 0 aliphatic carbocycles. The Morgan fingerprint density at radius 2 is 1.96 bits per heavy atom. The van der Waals surface area contributed by atoms with Crippen LogP contribution in [0.25, 0.3) is 11.3 Å². The molecule has 1 fully saturated rings. The van der Waals surface area contributed by atoms with Crippen molar-refractivity contribution >= 4 is 5.91 Å². The first-order valence-corrected chi connectivity index (χ1v) is 9.36. The largest absolute Gasteiger partial charge is 0.370 e. The second-order valence-electron chi connectivity index (χ2n) is 6.97. The Hall–Kier alpha value is -2.99. The van der Waals surface area contributed by atoms with Gasteiger partial charge in [-0.3, -0.25) is 9.89 Å². The van der Waals surface area contributed by atoms with Gasteiger partial charge in [-0.2, -0.15) is 5.10 Å². The molecule has 0 saturated carbocycles. The molecule has 144 valence electrons. The van der Waals surface area contributed by atoms with Crippen LogP contribution in [0.2, 0.25) is 0 Å². The summed E-state index contributed by atoms with van der Waals surface area (Å²) in [6.07, 6.45) is 0.136. The van der Waals surface area contributed by atoms with Gasteiger partial charge in [0, 0.05) is 23.4 Å². The maximum absolute atomic E-state index is 13.2. The monoisotopic (exact) mass is 379 g/mol. The van der Waals surface area contributed by atoms with Gasteiger partial charge in [-0.05, 0) is 36.8 Å². The summed E-state index contributed by atoms with van der Waals surface area (Å²) in [5.74, 6) is -0.258. The Kier molecular flexibility index (Phi) is 5.21. The van der Waals surface area contributed by atoms with Crippen LogP contribution in [0.4, 0.5) is 4.39 Å². The van der Waals surface area contributed by atoms with Crippen LogP contribution in [0.5, 0.6) is 0 Å². The predicted molar refractivity (Wildman–Crippen MR) is 104 cm³/mol. The number of rotatable bonds is 4. The number of benzene rings is 2. The Balaban J connectivity index is 1.51. The third-order valence-corrected chi connectivity index (χ3v) is 5.11. The smallest absolute Gasteiger partial charge is 0.227 e. The molecule has 1 aliphatic rings. The first kappa shape index (κ1) is 18.4. The van der Waals surface area contributed by atoms with E-state index in [9.17, 15) is 9.18 Å². The number of aromatic amines is 1. The molecule has 0 bridgehead atoms. The van der Waals surface area contributed by atoms with Gasteiger partial charge in [0.15, 0.2) is 0 Å². The van der Waals surface area contributed by atoms with E-state index in [1.165, 1.54) is 12.1 Å². The molecule has 1 atom stereocenters. The first-order chi connectivity index (χ1) is 13.6. The van der Waals surface area contributed by atoms with Gasteiger partial charge in [-0.1, -0.05) is 30.3 Å². The average Bonchev–Trinajstić information content (AvgIpc) is 3.09. The van der Waals surface area contributed by atoms with Crippen molar-refractivity contribution in [3.05, 3.63) is 77.2 Å². The Morgan fingerprint density at radius 1 is 1.21 bits per heavy atom. The summed E-state index contributed by atoms with van der Waals surface area (Å²) in [6.45, 7) is 3.52. The minimum atomic E-state index is -0.297. The van der Waals surface area contributed by atoms with Crippen LogP contribution < -0.4 is 0 Å². The van der Waals surface area contributed by atoms with E-state index in [0.29, 0.717) is 25.4 Å². The van der Waals surface area contributed by atoms with Crippen molar-refractivity contribution in [1.29, 1.82) is 0 Å². The van der Waals surface area contributed by atoms with Crippen LogP contribution in [0.3, 0.4) is 0 Å². The number of carbonyl (C=O) groups excluding carboxylic acids is 1. The van der Waals surface area contributed by atoms with Crippen molar-refractivity contribution < 1.29 is 13.9 Å². The van der Waals surface area contributed by atoms with Crippen LogP contribution >= 0.6 is 0 Å². The van der Waals surface area contributed by atoms with Gasteiger partial charge in [0.1, 0.15) is 11.9 Å². The van der Waals surface area contributed by atoms with Crippen LogP contribution in [-0.2, 0) is 16.0 Å². The fourth-order valence-corrected chi connectivity index (χ4v) is 3.52. The number of H-pyrrole nitrogens is 1. The molecule has 4 rings (SSSR count). The van der Waals surface area contributed by atoms with E-state index in [1.807, 2.05) is 42.2 Å². The minimum Gasteiger partial charge on any atom is -0.370 e. The van der Waals surface area contributed by atoms with E-state index in [-0.39, 0.29) is 24.2 Å². The maximum atomic E-state index is 13.2. The molecule has 1 N–H and O–H groups in total. The number of amides is 1. The number of aryl methyl sites for hydroxylation is 1. The van der Waals surface area contributed by atoms with Gasteiger partial charge >= 0.3 is 0 Å². The molecule has 2 heterocycles. The minimum absolute atomic E-state index is 0.0390. The number of nitrogens with one attached hydrogen (secondary N) is 1. The summed E-state index contributed by atoms with van der Waals surface area (Å²) in [5, 5.41) is 7.29. The van der Waals surface area contributed by atoms with Gasteiger partial charge in [0.2, 0.25) is 5.91 Å². The van der Waals surface area contributed by atoms with Crippen molar-refractivity contribution in [2.45, 2.75) is 19.4 Å². The summed E-state index contributed by atoms with van der Waals surface area (Å²) in [7, 11) is 0. The van der Waals surface area contributed by atoms with E-state index in [1.54, 1.807) is 12.1 Å². The summed E-state index contributed by atoms with van der Waals surface area (Å²) >= 11 is 0. The van der Waals surface area contributed by atoms with Gasteiger partial charge in [0.05, 0.1) is 25.3 Å². The van der Waals surface area contributed by atoms with Gasteiger partial charge in [-0.15, -0.1) is 0 Å². The fourth-order valence-electron chi connectivity index (χ4n) is 3.52. The van der Waals surface area contributed by atoms with E-state index in [4.69, 9.17) is 4.74 Å². The van der Waals surface area contributed by atoms with E-state index in [0.717, 1.165) is 22.4 Å². The van der Waals surface area contributed by atoms with Crippen molar-refractivity contribution in [3.63, 3.8) is 0 Å². The third kappa shape index (κ3) is 3.82. The molecule has 1 saturated heterocycles. The number of nitrogens with zero attached hydrogens (tertiary/aromatic N) is 2. The highest BCUT2D eigenvalue weighted by Gasteiger charge is 2.26. The summed E-state index contributed by atoms with van der Waals surface area (Å²) < 4.78 is 19.1. The zero-order valence-electron chi connectivity index (χ0n) is 15.7. The van der Waals surface area contributed by atoms with Gasteiger partial charge < -0.3 is 9.64 Å². The molecule has 2 aromatic carbocycles. The lowest BCUT2D eigenvalue weighted by molar-refractivity contribution is -0.138. The normalized spacial score (nSPS) is 16.9. The number of halogens is 1. The second-order valence-corrected chi connectivity index (χ2v) is 6.97. The number of aromatic nitrogens is 2. The van der Waals surface area contributed by atoms with Crippen LogP contribution in [0.15, 0.2) is 54.6 Å². The standard InChI is InChI=1S/C22H22FN3O2/c1-15-19(22(25-24-15)17-7-9-18(23)10-8-17)13-21(27)26-11-12-28-20(14-26)16-5-3-2-4-6-16/h2-10,20H,11-14H2,1H3,(H,24,25)/t20-/m1/s1. The molecule has 28 heavy (non-hydrogen) atoms. The lowest BCUT2D eigenvalue weighted by Gasteiger charge is -2.33. The Labute approximate surface area is 163 Å². The molecule has 6 heteroatoms. The topological polar surface area (TPSA) is 58.2 Å². The molecule has 1 aliphatic heterocycles. The molecule has 0 unspecified atom stereocenters. The zero-order chi connectivity index (χ0) is 19.5. The van der Waals surface area contributed by atoms with Crippen molar-refractivity contribution in [3.8, 4) is 11.3 Å². The highest BCUT2D eigenvalue weighted by molar-refractivity contribution is 5.82. The van der Waals surface area contributed by atoms with Crippen molar-refractivity contribution in [2.75, 3.05) is 19.7 Å². The Bertz CT molecular complexity index is 954. The first-order valence-electron chi connectivity index (χ1n) is 9.36. The molecule has 5 nitrogen and oxygen atoms in total. The molecule has 3 aromatic rings. The van der Waals surface area contributed by atoms with E-state index < -0.39 is 0 Å². The number of hydrogen-bond acceptors (Lipinski definition) is 3. The SMILES string of the molecule is Cc1[nH]nc(-c2ccc(F)cc2)c1CC(=O)N1CCO[C@@H](c2ccccc2)C1. The summed E-state index contributed by atoms with van der Waals surface area (Å²) in [6, 6.07) is 16.1. The predicted octanol–water partition coefficient (Wildman–Crippen LogP) is 3.67. The van der Waals surface area contributed by atoms with Crippen LogP contribution in [-0.4, -0.2) is 40.7 Å². The number of morpholine rings is 1. The number of carbonyl (C=O) groups is 1. The highest BCUT2D eigenvalue weighted by Crippen LogP contribution is 2.26. The molecule has 1 aromatic heterocycles. The third-order valence-electron chi connectivity index (χ3n) is 5.11. The Morgan fingerprint density at radius 3 is 2.71 bits per heavy atom. The van der Waals surface area contributed by atoms with Crippen LogP contribution in [0.1, 0.15) is 22.9 Å². The summed E-state index contributed by atoms with van der Waals surface area (Å²) in [4.78, 5) is 14.9. The highest BCUT2D eigenvalue weighted by atomic mass is 19.1. The van der Waals surface area contributed by atoms with Crippen LogP contribution in [0, 0.1) is 12.7 Å². The molecule has 1 amide bonds. The van der Waals surface area contributed by atoms with Crippen molar-refractivity contribution in [2.24, 2.45) is 0 Å². The van der Waals surface area contributed by atoms with Crippen molar-refractivity contribution in [1.82, 2.24) is 15.1 Å². The van der Waals surface area contributed by atoms with E-state index in [2.05, 4.69) is 10.2 Å². The average molecular weight is 379 g/mol. The molecular formula is C22H22FN3O2. The molecule has 0 radical (unpaired) electrons. The maximum Gasteiger partial charge on any atom is 0.227 e. The second kappa shape index (κ2) is 7.94. The lowest BCUT2D eigenvalue weighted by Crippen LogP contribution is -2.43. The quantitative estimate of drug-likeness (QED) is 0.753. The fraction of sp³-hybridized carbons (Fsp3) is 0.273. The number of hydrogen-bond donors (Lipinski definition) is 1. The summed E-state index contributed by atoms with van der Waals surface area (Å²) in [5.41, 5.74) is 4.25. The van der Waals surface area contributed by atoms with E-state index >= 15 is 0 Å². The number of ether oxygens (including phenoxy) is 1. The van der Waals surface area contributed by atoms with Gasteiger partial charge in [0.25, 0.3) is 0 Å².